The molecule has 0 saturated heterocycles. The number of carbonyl (C=O) groups is 1. The number of nitrogens with zero attached hydrogens (tertiary/aromatic N) is 2. The first-order chi connectivity index (χ1) is 9.69. The third kappa shape index (κ3) is 3.33. The zero-order valence-corrected chi connectivity index (χ0v) is 13.8. The van der Waals surface area contributed by atoms with Crippen LogP contribution in [0.15, 0.2) is 23.2 Å². The Labute approximate surface area is 127 Å². The Kier molecular flexibility index (Phi) is 5.43. The Morgan fingerprint density at radius 3 is 2.85 bits per heavy atom. The van der Waals surface area contributed by atoms with E-state index in [1.165, 1.54) is 15.8 Å². The van der Waals surface area contributed by atoms with Crippen LogP contribution in [0, 0.1) is 0 Å². The Morgan fingerprint density at radius 1 is 1.40 bits per heavy atom. The van der Waals surface area contributed by atoms with Gasteiger partial charge in [-0.05, 0) is 30.4 Å². The molecule has 0 aliphatic rings. The van der Waals surface area contributed by atoms with Crippen molar-refractivity contribution in [1.82, 2.24) is 4.57 Å². The van der Waals surface area contributed by atoms with Gasteiger partial charge in [0.15, 0.2) is 4.80 Å². The Balaban J connectivity index is 2.59. The van der Waals surface area contributed by atoms with Gasteiger partial charge in [-0.15, -0.1) is 0 Å². The second kappa shape index (κ2) is 7.09. The predicted molar refractivity (Wildman–Crippen MR) is 88.4 cm³/mol. The maximum atomic E-state index is 11.6. The number of hydrogen-bond acceptors (Lipinski definition) is 3. The minimum absolute atomic E-state index is 0.0508. The molecule has 3 nitrogen and oxygen atoms in total. The van der Waals surface area contributed by atoms with Crippen LogP contribution >= 0.6 is 23.1 Å². The van der Waals surface area contributed by atoms with E-state index in [9.17, 15) is 4.79 Å². The number of hydrogen-bond donors (Lipinski definition) is 0. The Morgan fingerprint density at radius 2 is 2.20 bits per heavy atom. The van der Waals surface area contributed by atoms with E-state index in [2.05, 4.69) is 40.9 Å². The van der Waals surface area contributed by atoms with Gasteiger partial charge in [-0.25, -0.2) is 0 Å². The molecule has 108 valence electrons. The molecule has 0 aliphatic carbocycles. The quantitative estimate of drug-likeness (QED) is 0.847. The highest BCUT2D eigenvalue weighted by Gasteiger charge is 2.07. The Hall–Kier alpha value is -1.07. The second-order valence-electron chi connectivity index (χ2n) is 4.54. The van der Waals surface area contributed by atoms with Crippen molar-refractivity contribution in [3.8, 4) is 0 Å². The molecule has 0 aliphatic heterocycles. The summed E-state index contributed by atoms with van der Waals surface area (Å²) in [5.74, 6) is 0.972. The van der Waals surface area contributed by atoms with Gasteiger partial charge in [0.05, 0.1) is 10.2 Å². The van der Waals surface area contributed by atoms with E-state index in [-0.39, 0.29) is 5.91 Å². The summed E-state index contributed by atoms with van der Waals surface area (Å²) in [5, 5.41) is 0. The van der Waals surface area contributed by atoms with Gasteiger partial charge in [0.25, 0.3) is 0 Å². The molecule has 2 rings (SSSR count). The largest absolute Gasteiger partial charge is 0.316 e. The molecular formula is C15H20N2OS2. The zero-order chi connectivity index (χ0) is 14.5. The predicted octanol–water partition coefficient (Wildman–Crippen LogP) is 3.47. The zero-order valence-electron chi connectivity index (χ0n) is 12.2. The van der Waals surface area contributed by atoms with E-state index in [0.29, 0.717) is 6.42 Å². The van der Waals surface area contributed by atoms with Crippen LogP contribution in [-0.2, 0) is 17.8 Å². The van der Waals surface area contributed by atoms with Crippen molar-refractivity contribution in [2.24, 2.45) is 4.99 Å². The van der Waals surface area contributed by atoms with Gasteiger partial charge in [-0.2, -0.15) is 16.8 Å². The molecule has 0 saturated carbocycles. The van der Waals surface area contributed by atoms with Crippen molar-refractivity contribution < 1.29 is 4.79 Å². The molecule has 2 aromatic rings. The maximum Gasteiger partial charge on any atom is 0.248 e. The van der Waals surface area contributed by atoms with Crippen LogP contribution in [0.25, 0.3) is 10.2 Å². The third-order valence-electron chi connectivity index (χ3n) is 3.20. The second-order valence-corrected chi connectivity index (χ2v) is 6.54. The van der Waals surface area contributed by atoms with Crippen LogP contribution in [0.3, 0.4) is 0 Å². The van der Waals surface area contributed by atoms with E-state index in [0.717, 1.165) is 23.5 Å². The molecule has 1 amide bonds. The van der Waals surface area contributed by atoms with Crippen LogP contribution < -0.4 is 4.80 Å². The standard InChI is InChI=1S/C15H20N2OS2/c1-4-11-6-7-12-13(10-11)20-15(16-14(18)5-2)17(12)8-9-19-3/h6-7,10H,4-5,8-9H2,1-3H3. The number of aryl methyl sites for hydroxylation is 2. The number of carbonyl (C=O) groups excluding carboxylic acids is 1. The van der Waals surface area contributed by atoms with E-state index in [1.54, 1.807) is 23.1 Å². The van der Waals surface area contributed by atoms with Crippen LogP contribution in [-0.4, -0.2) is 22.5 Å². The highest BCUT2D eigenvalue weighted by Crippen LogP contribution is 2.20. The van der Waals surface area contributed by atoms with E-state index < -0.39 is 0 Å². The molecule has 1 aromatic heterocycles. The molecule has 0 atom stereocenters. The summed E-state index contributed by atoms with van der Waals surface area (Å²) in [4.78, 5) is 16.7. The average molecular weight is 308 g/mol. The number of rotatable bonds is 5. The first-order valence-electron chi connectivity index (χ1n) is 6.88. The third-order valence-corrected chi connectivity index (χ3v) is 4.83. The molecular weight excluding hydrogens is 288 g/mol. The van der Waals surface area contributed by atoms with E-state index >= 15 is 0 Å². The number of amides is 1. The summed E-state index contributed by atoms with van der Waals surface area (Å²) in [5.41, 5.74) is 2.51. The van der Waals surface area contributed by atoms with E-state index in [4.69, 9.17) is 0 Å². The van der Waals surface area contributed by atoms with Crippen molar-refractivity contribution >= 4 is 39.2 Å². The molecule has 0 N–H and O–H groups in total. The fourth-order valence-electron chi connectivity index (χ4n) is 2.01. The molecule has 0 unspecified atom stereocenters. The highest BCUT2D eigenvalue weighted by molar-refractivity contribution is 7.98. The smallest absolute Gasteiger partial charge is 0.248 e. The van der Waals surface area contributed by atoms with Gasteiger partial charge < -0.3 is 4.57 Å². The first-order valence-corrected chi connectivity index (χ1v) is 9.09. The van der Waals surface area contributed by atoms with Crippen molar-refractivity contribution in [2.45, 2.75) is 33.2 Å². The molecule has 0 radical (unpaired) electrons. The first kappa shape index (κ1) is 15.3. The van der Waals surface area contributed by atoms with E-state index in [1.807, 2.05) is 6.92 Å². The minimum atomic E-state index is -0.0508. The summed E-state index contributed by atoms with van der Waals surface area (Å²) in [6.45, 7) is 4.89. The molecule has 1 heterocycles. The molecule has 5 heteroatoms. The SMILES string of the molecule is CCC(=O)N=c1sc2cc(CC)ccc2n1CCSC. The molecule has 0 spiro atoms. The van der Waals surface area contributed by atoms with Gasteiger partial charge in [0.2, 0.25) is 5.91 Å². The number of thioether (sulfide) groups is 1. The average Bonchev–Trinajstić information content (AvgIpc) is 2.80. The number of benzene rings is 1. The molecule has 0 bridgehead atoms. The normalized spacial score (nSPS) is 12.2. The van der Waals surface area contributed by atoms with Gasteiger partial charge in [0, 0.05) is 18.7 Å². The van der Waals surface area contributed by atoms with Gasteiger partial charge >= 0.3 is 0 Å². The summed E-state index contributed by atoms with van der Waals surface area (Å²) in [6, 6.07) is 6.53. The van der Waals surface area contributed by atoms with Gasteiger partial charge in [-0.3, -0.25) is 4.79 Å². The maximum absolute atomic E-state index is 11.6. The van der Waals surface area contributed by atoms with Gasteiger partial charge in [-0.1, -0.05) is 31.3 Å². The lowest BCUT2D eigenvalue weighted by Gasteiger charge is -2.04. The number of thiazole rings is 1. The fourth-order valence-corrected chi connectivity index (χ4v) is 3.51. The number of fused-ring (bicyclic) bond motifs is 1. The lowest BCUT2D eigenvalue weighted by atomic mass is 10.2. The summed E-state index contributed by atoms with van der Waals surface area (Å²) < 4.78 is 3.39. The topological polar surface area (TPSA) is 34.4 Å². The monoisotopic (exact) mass is 308 g/mol. The Bertz CT molecular complexity index is 670. The molecule has 0 fully saturated rings. The van der Waals surface area contributed by atoms with Gasteiger partial charge in [0.1, 0.15) is 0 Å². The fraction of sp³-hybridized carbons (Fsp3) is 0.467. The van der Waals surface area contributed by atoms with Crippen molar-refractivity contribution in [1.29, 1.82) is 0 Å². The minimum Gasteiger partial charge on any atom is -0.316 e. The summed E-state index contributed by atoms with van der Waals surface area (Å²) in [7, 11) is 0. The molecule has 20 heavy (non-hydrogen) atoms. The highest BCUT2D eigenvalue weighted by atomic mass is 32.2. The van der Waals surface area contributed by atoms with Crippen molar-refractivity contribution in [3.63, 3.8) is 0 Å². The van der Waals surface area contributed by atoms with Crippen molar-refractivity contribution in [3.05, 3.63) is 28.6 Å². The summed E-state index contributed by atoms with van der Waals surface area (Å²) in [6.07, 6.45) is 3.58. The van der Waals surface area contributed by atoms with Crippen molar-refractivity contribution in [2.75, 3.05) is 12.0 Å². The van der Waals surface area contributed by atoms with Crippen LogP contribution in [0.2, 0.25) is 0 Å². The lowest BCUT2D eigenvalue weighted by Crippen LogP contribution is -2.17. The lowest BCUT2D eigenvalue weighted by molar-refractivity contribution is -0.117. The van der Waals surface area contributed by atoms with Crippen LogP contribution in [0.5, 0.6) is 0 Å². The molecule has 1 aromatic carbocycles. The van der Waals surface area contributed by atoms with Crippen LogP contribution in [0.4, 0.5) is 0 Å². The summed E-state index contributed by atoms with van der Waals surface area (Å²) >= 11 is 3.42. The van der Waals surface area contributed by atoms with Crippen LogP contribution in [0.1, 0.15) is 25.8 Å². The number of aromatic nitrogens is 1.